The number of carbonyl (C=O) groups is 1. The van der Waals surface area contributed by atoms with Crippen molar-refractivity contribution < 1.29 is 32.9 Å². The van der Waals surface area contributed by atoms with Crippen LogP contribution in [0.2, 0.25) is 0 Å². The Morgan fingerprint density at radius 2 is 0.817 bits per heavy atom. The molecule has 71 heavy (non-hydrogen) atoms. The molecule has 0 aromatic carbocycles. The molecular weight excluding hydrogens is 900 g/mol. The van der Waals surface area contributed by atoms with Crippen LogP contribution in [0.4, 0.5) is 0 Å². The third kappa shape index (κ3) is 55.8. The zero-order valence-electron chi connectivity index (χ0n) is 47.5. The van der Waals surface area contributed by atoms with Crippen LogP contribution in [0, 0.1) is 0 Å². The molecule has 3 unspecified atom stereocenters. The summed E-state index contributed by atoms with van der Waals surface area (Å²) >= 11 is 0. The van der Waals surface area contributed by atoms with Crippen LogP contribution >= 0.6 is 7.82 Å². The number of hydrogen-bond acceptors (Lipinski definition) is 5. The highest BCUT2D eigenvalue weighted by molar-refractivity contribution is 7.47. The van der Waals surface area contributed by atoms with Gasteiger partial charge in [-0.15, -0.1) is 0 Å². The van der Waals surface area contributed by atoms with Crippen molar-refractivity contribution in [3.63, 3.8) is 0 Å². The highest BCUT2D eigenvalue weighted by atomic mass is 31.2. The Kier molecular flexibility index (Phi) is 51.7. The van der Waals surface area contributed by atoms with Crippen molar-refractivity contribution in [3.05, 3.63) is 60.8 Å². The number of aliphatic hydroxyl groups is 1. The van der Waals surface area contributed by atoms with E-state index in [9.17, 15) is 19.4 Å². The van der Waals surface area contributed by atoms with Crippen molar-refractivity contribution in [3.8, 4) is 0 Å². The number of aliphatic hydroxyl groups excluding tert-OH is 1. The minimum Gasteiger partial charge on any atom is -0.387 e. The maximum absolute atomic E-state index is 13.0. The van der Waals surface area contributed by atoms with Crippen LogP contribution in [-0.2, 0) is 18.4 Å². The van der Waals surface area contributed by atoms with Crippen LogP contribution in [0.3, 0.4) is 0 Å². The lowest BCUT2D eigenvalue weighted by Gasteiger charge is -2.25. The lowest BCUT2D eigenvalue weighted by atomic mass is 10.0. The van der Waals surface area contributed by atoms with Crippen LogP contribution in [0.25, 0.3) is 0 Å². The van der Waals surface area contributed by atoms with Gasteiger partial charge in [-0.05, 0) is 70.6 Å². The van der Waals surface area contributed by atoms with Gasteiger partial charge < -0.3 is 19.8 Å². The molecule has 3 atom stereocenters. The topological polar surface area (TPSA) is 105 Å². The minimum absolute atomic E-state index is 0.0528. The molecule has 0 saturated carbocycles. The van der Waals surface area contributed by atoms with Gasteiger partial charge in [0.25, 0.3) is 0 Å². The third-order valence-corrected chi connectivity index (χ3v) is 14.4. The number of hydrogen-bond donors (Lipinski definition) is 3. The largest absolute Gasteiger partial charge is 0.472 e. The molecule has 0 fully saturated rings. The minimum atomic E-state index is -4.36. The number of phosphoric ester groups is 1. The van der Waals surface area contributed by atoms with Crippen molar-refractivity contribution >= 4 is 13.7 Å². The molecule has 0 bridgehead atoms. The quantitative estimate of drug-likeness (QED) is 0.0243. The maximum atomic E-state index is 13.0. The van der Waals surface area contributed by atoms with Crippen LogP contribution in [0.1, 0.15) is 277 Å². The first-order chi connectivity index (χ1) is 34.5. The highest BCUT2D eigenvalue weighted by Gasteiger charge is 2.27. The summed E-state index contributed by atoms with van der Waals surface area (Å²) in [6, 6.07) is -0.871. The fraction of sp³-hybridized carbons (Fsp3) is 0.823. The Labute approximate surface area is 441 Å². The molecule has 0 heterocycles. The molecule has 0 aliphatic heterocycles. The van der Waals surface area contributed by atoms with E-state index in [0.29, 0.717) is 17.4 Å². The number of likely N-dealkylation sites (N-methyl/N-ethyl adjacent to an activating group) is 1. The van der Waals surface area contributed by atoms with Crippen LogP contribution in [0.5, 0.6) is 0 Å². The molecule has 1 amide bonds. The van der Waals surface area contributed by atoms with Gasteiger partial charge in [0.15, 0.2) is 0 Å². The van der Waals surface area contributed by atoms with Gasteiger partial charge in [0.1, 0.15) is 13.2 Å². The summed E-state index contributed by atoms with van der Waals surface area (Å²) in [4.78, 5) is 23.3. The average molecular weight is 1020 g/mol. The van der Waals surface area contributed by atoms with E-state index in [1.54, 1.807) is 6.08 Å². The van der Waals surface area contributed by atoms with Gasteiger partial charge >= 0.3 is 7.82 Å². The second-order valence-corrected chi connectivity index (χ2v) is 23.2. The summed E-state index contributed by atoms with van der Waals surface area (Å²) < 4.78 is 23.7. The molecule has 9 heteroatoms. The fourth-order valence-electron chi connectivity index (χ4n) is 8.71. The summed E-state index contributed by atoms with van der Waals surface area (Å²) in [5, 5.41) is 13.9. The van der Waals surface area contributed by atoms with Gasteiger partial charge in [-0.25, -0.2) is 4.57 Å². The molecule has 3 N–H and O–H groups in total. The van der Waals surface area contributed by atoms with Crippen molar-refractivity contribution in [1.29, 1.82) is 0 Å². The second-order valence-electron chi connectivity index (χ2n) is 21.7. The van der Waals surface area contributed by atoms with Gasteiger partial charge in [0.05, 0.1) is 39.9 Å². The molecule has 8 nitrogen and oxygen atoms in total. The van der Waals surface area contributed by atoms with Crippen molar-refractivity contribution in [2.75, 3.05) is 40.9 Å². The molecular formula is C62H118N2O6P+. The van der Waals surface area contributed by atoms with Crippen LogP contribution in [-0.4, -0.2) is 73.4 Å². The lowest BCUT2D eigenvalue weighted by Crippen LogP contribution is -2.45. The Hall–Kier alpha value is -1.80. The molecule has 416 valence electrons. The second kappa shape index (κ2) is 53.0. The average Bonchev–Trinajstić information content (AvgIpc) is 3.33. The van der Waals surface area contributed by atoms with Gasteiger partial charge in [-0.1, -0.05) is 261 Å². The number of allylic oxidation sites excluding steroid dienone is 9. The van der Waals surface area contributed by atoms with Gasteiger partial charge in [0.2, 0.25) is 5.91 Å². The van der Waals surface area contributed by atoms with Gasteiger partial charge in [0, 0.05) is 6.42 Å². The first-order valence-electron chi connectivity index (χ1n) is 30.2. The number of unbranched alkanes of at least 4 members (excludes halogenated alkanes) is 34. The Morgan fingerprint density at radius 3 is 1.23 bits per heavy atom. The molecule has 0 aliphatic rings. The first-order valence-corrected chi connectivity index (χ1v) is 31.7. The normalized spacial score (nSPS) is 14.3. The zero-order valence-corrected chi connectivity index (χ0v) is 48.4. The van der Waals surface area contributed by atoms with E-state index in [2.05, 4.69) is 67.8 Å². The lowest BCUT2D eigenvalue weighted by molar-refractivity contribution is -0.870. The molecule has 0 spiro atoms. The number of carbonyl (C=O) groups excluding carboxylic acids is 1. The van der Waals surface area contributed by atoms with E-state index in [0.717, 1.165) is 57.8 Å². The molecule has 0 rings (SSSR count). The summed E-state index contributed by atoms with van der Waals surface area (Å²) in [6.45, 7) is 4.80. The maximum Gasteiger partial charge on any atom is 0.472 e. The number of nitrogens with one attached hydrogen (secondary N) is 1. The summed E-state index contributed by atoms with van der Waals surface area (Å²) in [5.41, 5.74) is 0. The standard InChI is InChI=1S/C62H117N2O6P/c1-6-8-10-12-14-16-18-20-22-24-26-28-30-31-32-34-35-37-39-41-43-45-47-49-51-53-55-61(65)60(59-70-71(67,68)69-58-57-64(3,4)5)63-62(66)56-54-52-50-48-46-44-42-40-38-36-33-29-27-25-23-21-19-17-15-13-11-9-7-2/h19,21,25,27,33,36,45,47,53,55,60-61,65H,6-18,20,22-24,26,28-32,34-35,37-44,46,48-52,54,56-59H2,1-5H3,(H-,63,66,67,68)/p+1/b21-19-,27-25-,36-33-,47-45+,55-53+. The summed E-state index contributed by atoms with van der Waals surface area (Å²) in [7, 11) is 1.55. The van der Waals surface area contributed by atoms with E-state index in [4.69, 9.17) is 9.05 Å². The molecule has 0 aliphatic carbocycles. The smallest absolute Gasteiger partial charge is 0.387 e. The van der Waals surface area contributed by atoms with Gasteiger partial charge in [-0.3, -0.25) is 13.8 Å². The number of amides is 1. The molecule has 0 saturated heterocycles. The Bertz CT molecular complexity index is 1340. The van der Waals surface area contributed by atoms with E-state index >= 15 is 0 Å². The monoisotopic (exact) mass is 1020 g/mol. The Morgan fingerprint density at radius 1 is 0.479 bits per heavy atom. The number of quaternary nitrogens is 1. The number of rotatable bonds is 55. The van der Waals surface area contributed by atoms with E-state index in [1.807, 2.05) is 27.2 Å². The SMILES string of the molecule is CCCCCCC/C=C\C/C=C\C/C=C\CCCCCCCCCCC(=O)NC(COP(=O)(O)OCC[N+](C)(C)C)C(O)/C=C/CC/C=C/CCCCCCCCCCCCCCCCCCCCCC. The van der Waals surface area contributed by atoms with E-state index in [-0.39, 0.29) is 19.1 Å². The predicted molar refractivity (Wildman–Crippen MR) is 309 cm³/mol. The Balaban J connectivity index is 4.25. The molecule has 0 aromatic heterocycles. The molecule has 0 radical (unpaired) electrons. The van der Waals surface area contributed by atoms with E-state index in [1.165, 1.54) is 199 Å². The van der Waals surface area contributed by atoms with Crippen molar-refractivity contribution in [1.82, 2.24) is 5.32 Å². The summed E-state index contributed by atoms with van der Waals surface area (Å²) in [6.07, 6.45) is 71.9. The van der Waals surface area contributed by atoms with Crippen LogP contribution in [0.15, 0.2) is 60.8 Å². The number of phosphoric acid groups is 1. The first kappa shape index (κ1) is 69.2. The van der Waals surface area contributed by atoms with Crippen molar-refractivity contribution in [2.45, 2.75) is 289 Å². The molecule has 0 aromatic rings. The van der Waals surface area contributed by atoms with Crippen molar-refractivity contribution in [2.24, 2.45) is 0 Å². The van der Waals surface area contributed by atoms with Crippen LogP contribution < -0.4 is 5.32 Å². The highest BCUT2D eigenvalue weighted by Crippen LogP contribution is 2.43. The zero-order chi connectivity index (χ0) is 52.0. The third-order valence-electron chi connectivity index (χ3n) is 13.5. The fourth-order valence-corrected chi connectivity index (χ4v) is 9.45. The summed E-state index contributed by atoms with van der Waals surface area (Å²) in [5.74, 6) is -0.193. The number of nitrogens with zero attached hydrogens (tertiary/aromatic N) is 1. The predicted octanol–water partition coefficient (Wildman–Crippen LogP) is 18.5. The van der Waals surface area contributed by atoms with E-state index < -0.39 is 20.0 Å². The van der Waals surface area contributed by atoms with Gasteiger partial charge in [-0.2, -0.15) is 0 Å².